The predicted molar refractivity (Wildman–Crippen MR) is 213 cm³/mol. The molecule has 0 spiro atoms. The Hall–Kier alpha value is -4.70. The minimum Gasteiger partial charge on any atom is -0.488 e. The van der Waals surface area contributed by atoms with Gasteiger partial charge in [-0.25, -0.2) is 19.6 Å². The number of fused-ring (bicyclic) bond motifs is 3. The Kier molecular flexibility index (Phi) is 12.1. The van der Waals surface area contributed by atoms with Crippen LogP contribution in [-0.2, 0) is 23.9 Å². The van der Waals surface area contributed by atoms with Crippen molar-refractivity contribution in [2.24, 2.45) is 5.92 Å². The first-order chi connectivity index (χ1) is 27.1. The molecule has 298 valence electrons. The van der Waals surface area contributed by atoms with Gasteiger partial charge in [-0.3, -0.25) is 14.4 Å². The van der Waals surface area contributed by atoms with E-state index < -0.39 is 47.6 Å². The van der Waals surface area contributed by atoms with Crippen molar-refractivity contribution in [1.29, 1.82) is 0 Å². The second-order valence-corrected chi connectivity index (χ2v) is 16.6. The van der Waals surface area contributed by atoms with Gasteiger partial charge >= 0.3 is 12.1 Å². The number of thioether (sulfide) groups is 1. The van der Waals surface area contributed by atoms with Crippen molar-refractivity contribution >= 4 is 68.9 Å². The minimum absolute atomic E-state index is 0.0153. The van der Waals surface area contributed by atoms with Crippen LogP contribution in [-0.4, -0.2) is 92.4 Å². The minimum atomic E-state index is -1.46. The molecule has 14 nitrogen and oxygen atoms in total. The molecule has 1 aromatic carbocycles. The molecule has 4 heterocycles. The van der Waals surface area contributed by atoms with Crippen LogP contribution in [0.15, 0.2) is 46.7 Å². The highest BCUT2D eigenvalue weighted by Gasteiger charge is 2.61. The Morgan fingerprint density at radius 3 is 2.64 bits per heavy atom. The first-order valence-electron chi connectivity index (χ1n) is 19.5. The number of para-hydroxylation sites is 1. The lowest BCUT2D eigenvalue weighted by Crippen LogP contribution is -2.56. The number of ether oxygens (including phenoxy) is 2. The van der Waals surface area contributed by atoms with Gasteiger partial charge in [0.15, 0.2) is 5.13 Å². The number of rotatable bonds is 9. The number of nitrogens with zero attached hydrogens (tertiary/aromatic N) is 3. The van der Waals surface area contributed by atoms with E-state index in [0.717, 1.165) is 55.2 Å². The fourth-order valence-corrected chi connectivity index (χ4v) is 9.19. The third-order valence-corrected chi connectivity index (χ3v) is 12.6. The van der Waals surface area contributed by atoms with E-state index >= 15 is 0 Å². The zero-order valence-corrected chi connectivity index (χ0v) is 33.2. The van der Waals surface area contributed by atoms with Crippen molar-refractivity contribution in [2.45, 2.75) is 119 Å². The Morgan fingerprint density at radius 1 is 1.07 bits per heavy atom. The van der Waals surface area contributed by atoms with Gasteiger partial charge < -0.3 is 35.4 Å². The van der Waals surface area contributed by atoms with E-state index in [1.807, 2.05) is 42.0 Å². The molecule has 3 fully saturated rings. The molecular weight excluding hydrogens is 757 g/mol. The summed E-state index contributed by atoms with van der Waals surface area (Å²) >= 11 is 2.81. The van der Waals surface area contributed by atoms with Gasteiger partial charge in [-0.05, 0) is 69.8 Å². The van der Waals surface area contributed by atoms with Gasteiger partial charge in [-0.15, -0.1) is 23.1 Å². The molecule has 4 N–H and O–H groups in total. The number of aromatic nitrogens is 2. The van der Waals surface area contributed by atoms with E-state index in [1.54, 1.807) is 13.0 Å². The van der Waals surface area contributed by atoms with Gasteiger partial charge in [-0.2, -0.15) is 0 Å². The monoisotopic (exact) mass is 804 g/mol. The fourth-order valence-electron chi connectivity index (χ4n) is 7.90. The molecule has 2 aliphatic carbocycles. The molecule has 56 heavy (non-hydrogen) atoms. The molecule has 4 amide bonds. The molecule has 2 aromatic heterocycles. The quantitative estimate of drug-likeness (QED) is 0.141. The molecule has 16 heteroatoms. The Morgan fingerprint density at radius 2 is 1.88 bits per heavy atom. The van der Waals surface area contributed by atoms with Crippen molar-refractivity contribution in [2.75, 3.05) is 18.1 Å². The molecule has 2 aliphatic heterocycles. The van der Waals surface area contributed by atoms with Crippen molar-refractivity contribution in [3.63, 3.8) is 0 Å². The fraction of sp³-hybridized carbons (Fsp3) is 0.525. The average molecular weight is 805 g/mol. The third-order valence-electron chi connectivity index (χ3n) is 11.1. The number of hydrogen-bond acceptors (Lipinski definition) is 11. The van der Waals surface area contributed by atoms with Crippen molar-refractivity contribution in [3.8, 4) is 17.1 Å². The van der Waals surface area contributed by atoms with Crippen LogP contribution >= 0.6 is 23.1 Å². The molecule has 5 atom stereocenters. The number of carbonyl (C=O) groups is 5. The maximum Gasteiger partial charge on any atom is 0.408 e. The summed E-state index contributed by atoms with van der Waals surface area (Å²) < 4.78 is 12.4. The zero-order valence-electron chi connectivity index (χ0n) is 31.6. The summed E-state index contributed by atoms with van der Waals surface area (Å²) in [5.74, 6) is -2.20. The number of carboxylic acid groups (broad SMARTS) is 1. The Balaban J connectivity index is 1.20. The van der Waals surface area contributed by atoms with Gasteiger partial charge in [0, 0.05) is 40.5 Å². The average Bonchev–Trinajstić information content (AvgIpc) is 3.62. The number of allylic oxidation sites excluding steroid dienone is 1. The van der Waals surface area contributed by atoms with Crippen LogP contribution < -0.4 is 20.7 Å². The first kappa shape index (κ1) is 39.5. The lowest BCUT2D eigenvalue weighted by molar-refractivity contribution is -0.145. The number of amides is 4. The van der Waals surface area contributed by atoms with E-state index in [0.29, 0.717) is 47.0 Å². The number of carbonyl (C=O) groups excluding carboxylic acids is 4. The maximum atomic E-state index is 14.6. The van der Waals surface area contributed by atoms with E-state index in [2.05, 4.69) is 20.9 Å². The number of aliphatic carboxylic acids is 1. The summed E-state index contributed by atoms with van der Waals surface area (Å²) in [6, 6.07) is 5.52. The number of carboxylic acids is 1. The highest BCUT2D eigenvalue weighted by Crippen LogP contribution is 2.46. The maximum absolute atomic E-state index is 14.6. The number of anilines is 1. The van der Waals surface area contributed by atoms with Gasteiger partial charge in [0.05, 0.1) is 17.8 Å². The Bertz CT molecular complexity index is 2020. The summed E-state index contributed by atoms with van der Waals surface area (Å²) in [7, 11) is 0. The molecule has 4 aliphatic rings. The van der Waals surface area contributed by atoms with Crippen LogP contribution in [0.2, 0.25) is 0 Å². The van der Waals surface area contributed by atoms with Crippen LogP contribution in [0.4, 0.5) is 9.93 Å². The molecule has 1 saturated heterocycles. The van der Waals surface area contributed by atoms with Gasteiger partial charge in [0.25, 0.3) is 0 Å². The van der Waals surface area contributed by atoms with E-state index in [4.69, 9.17) is 14.5 Å². The number of thiazole rings is 1. The lowest BCUT2D eigenvalue weighted by Gasteiger charge is -2.29. The zero-order chi connectivity index (χ0) is 39.4. The van der Waals surface area contributed by atoms with Crippen LogP contribution in [0.5, 0.6) is 5.75 Å². The normalized spacial score (nSPS) is 26.3. The lowest BCUT2D eigenvalue weighted by atomic mass is 10.0. The predicted octanol–water partition coefficient (Wildman–Crippen LogP) is 6.29. The summed E-state index contributed by atoms with van der Waals surface area (Å²) in [6.07, 6.45) is 11.8. The van der Waals surface area contributed by atoms with Crippen LogP contribution in [0.25, 0.3) is 22.3 Å². The second-order valence-electron chi connectivity index (χ2n) is 14.9. The standard InChI is InChI=1S/C40H48N6O8S2/c1-3-33(47)44-38-42-29(22-56-38)28-19-31(26-15-11-17-32(55-2)34(26)41-28)53-25-18-30-35(48)45-40(37(50)51)20-23(40)12-7-5-4-6-8-16-27(36(49)46(30)21-25)43-39(52)54-24-13-9-10-14-24/h7,11-12,15,17,19,22-25,27,30H,3-6,8-10,13-14,16,18,20-21H2,1-2H3,(H,43,52)(H,45,48)(H,50,51)(H,42,44,47)/b12-7-/t23-,25+,27-,30-,40+/m0/s1. The molecule has 0 unspecified atom stereocenters. The van der Waals surface area contributed by atoms with Crippen LogP contribution in [0.3, 0.4) is 0 Å². The number of hydrogen-bond donors (Lipinski definition) is 4. The summed E-state index contributed by atoms with van der Waals surface area (Å²) in [4.78, 5) is 78.5. The molecule has 0 bridgehead atoms. The molecule has 7 rings (SSSR count). The first-order valence-corrected chi connectivity index (χ1v) is 21.6. The highest BCUT2D eigenvalue weighted by molar-refractivity contribution is 7.98. The van der Waals surface area contributed by atoms with Gasteiger partial charge in [-0.1, -0.05) is 38.0 Å². The van der Waals surface area contributed by atoms with E-state index in [-0.39, 0.29) is 37.3 Å². The number of nitrogens with one attached hydrogen (secondary N) is 3. The number of alkyl carbamates (subject to hydrolysis) is 1. The molecular formula is C40H48N6O8S2. The molecule has 0 radical (unpaired) electrons. The largest absolute Gasteiger partial charge is 0.488 e. The van der Waals surface area contributed by atoms with Crippen molar-refractivity contribution in [3.05, 3.63) is 41.8 Å². The third kappa shape index (κ3) is 8.65. The van der Waals surface area contributed by atoms with Crippen LogP contribution in [0.1, 0.15) is 84.0 Å². The summed E-state index contributed by atoms with van der Waals surface area (Å²) in [5.41, 5.74) is 0.285. The Labute approximate surface area is 333 Å². The SMILES string of the molecule is CCC(=O)Nc1nc(-c2cc(O[C@@H]3C[C@H]4C(=O)N[C@]5(C(=O)O)C[C@@H]5/C=C\CCCCC[C@H](NC(=O)OC5CCCC5)C(=O)N4C3)c3cccc(SC)c3n2)cs1. The van der Waals surface area contributed by atoms with Crippen molar-refractivity contribution < 1.29 is 38.6 Å². The highest BCUT2D eigenvalue weighted by atomic mass is 32.2. The topological polar surface area (TPSA) is 189 Å². The van der Waals surface area contributed by atoms with E-state index in [9.17, 15) is 29.1 Å². The van der Waals surface area contributed by atoms with Gasteiger partial charge in [0.1, 0.15) is 41.3 Å². The summed E-state index contributed by atoms with van der Waals surface area (Å²) in [6.45, 7) is 1.78. The number of pyridine rings is 1. The second kappa shape index (κ2) is 17.2. The number of benzene rings is 1. The molecule has 2 saturated carbocycles. The van der Waals surface area contributed by atoms with Gasteiger partial charge in [0.2, 0.25) is 17.7 Å². The van der Waals surface area contributed by atoms with Crippen LogP contribution in [0, 0.1) is 5.92 Å². The van der Waals surface area contributed by atoms with E-state index in [1.165, 1.54) is 28.0 Å². The smallest absolute Gasteiger partial charge is 0.408 e. The van der Waals surface area contributed by atoms with Crippen molar-refractivity contribution in [1.82, 2.24) is 25.5 Å². The molecule has 3 aromatic rings. The summed E-state index contributed by atoms with van der Waals surface area (Å²) in [5, 5.41) is 21.7.